The summed E-state index contributed by atoms with van der Waals surface area (Å²) in [5.74, 6) is 3.14. The molecule has 0 spiro atoms. The van der Waals surface area contributed by atoms with Crippen molar-refractivity contribution in [2.24, 2.45) is 13.0 Å². The predicted molar refractivity (Wildman–Crippen MR) is 106 cm³/mol. The number of aryl methyl sites for hydroxylation is 2. The maximum atomic E-state index is 5.68. The minimum atomic E-state index is 0.343. The molecule has 4 fully saturated rings. The fourth-order valence-electron chi connectivity index (χ4n) is 6.18. The first-order valence-electron chi connectivity index (χ1n) is 10.5. The number of piperidine rings is 3. The van der Waals surface area contributed by atoms with E-state index in [-0.39, 0.29) is 0 Å². The Morgan fingerprint density at radius 1 is 1.11 bits per heavy atom. The van der Waals surface area contributed by atoms with Crippen molar-refractivity contribution < 1.29 is 9.47 Å². The SMILES string of the molecule is Cc1nn(C)cc1CN1C[C@H](c2ccc3c(c2)OCO3)[C@H]2[C@@H]1C1CCN2CC1. The highest BCUT2D eigenvalue weighted by Crippen LogP contribution is 2.48. The van der Waals surface area contributed by atoms with Crippen LogP contribution >= 0.6 is 0 Å². The molecule has 0 radical (unpaired) electrons. The monoisotopic (exact) mass is 380 g/mol. The third kappa shape index (κ3) is 2.51. The highest BCUT2D eigenvalue weighted by molar-refractivity contribution is 5.46. The first-order valence-corrected chi connectivity index (χ1v) is 10.5. The molecular formula is C22H28N4O2. The summed E-state index contributed by atoms with van der Waals surface area (Å²) in [5, 5.41) is 4.57. The topological polar surface area (TPSA) is 42.8 Å². The average Bonchev–Trinajstić information content (AvgIpc) is 3.40. The van der Waals surface area contributed by atoms with Gasteiger partial charge in [-0.1, -0.05) is 6.07 Å². The minimum absolute atomic E-state index is 0.343. The van der Waals surface area contributed by atoms with Crippen LogP contribution in [-0.2, 0) is 13.6 Å². The summed E-state index contributed by atoms with van der Waals surface area (Å²) >= 11 is 0. The van der Waals surface area contributed by atoms with Gasteiger partial charge in [-0.05, 0) is 56.5 Å². The van der Waals surface area contributed by atoms with Gasteiger partial charge in [0.2, 0.25) is 6.79 Å². The molecule has 0 unspecified atom stereocenters. The normalized spacial score (nSPS) is 33.4. The van der Waals surface area contributed by atoms with Crippen LogP contribution in [0.15, 0.2) is 24.4 Å². The molecule has 148 valence electrons. The van der Waals surface area contributed by atoms with Gasteiger partial charge in [0.1, 0.15) is 0 Å². The third-order valence-electron chi connectivity index (χ3n) is 7.41. The molecule has 6 heteroatoms. The third-order valence-corrected chi connectivity index (χ3v) is 7.41. The van der Waals surface area contributed by atoms with Gasteiger partial charge in [-0.3, -0.25) is 14.5 Å². The number of rotatable bonds is 3. The van der Waals surface area contributed by atoms with Gasteiger partial charge in [-0.2, -0.15) is 5.10 Å². The molecule has 0 amide bonds. The highest BCUT2D eigenvalue weighted by Gasteiger charge is 2.53. The van der Waals surface area contributed by atoms with Crippen molar-refractivity contribution in [2.45, 2.75) is 44.3 Å². The van der Waals surface area contributed by atoms with E-state index < -0.39 is 0 Å². The lowest BCUT2D eigenvalue weighted by Gasteiger charge is -2.51. The van der Waals surface area contributed by atoms with Gasteiger partial charge in [0.05, 0.1) is 5.69 Å². The Labute approximate surface area is 166 Å². The van der Waals surface area contributed by atoms with Crippen LogP contribution in [0.4, 0.5) is 0 Å². The molecule has 28 heavy (non-hydrogen) atoms. The fourth-order valence-corrected chi connectivity index (χ4v) is 6.18. The zero-order valence-electron chi connectivity index (χ0n) is 16.7. The van der Waals surface area contributed by atoms with Gasteiger partial charge in [0.25, 0.3) is 0 Å². The number of ether oxygens (including phenoxy) is 2. The van der Waals surface area contributed by atoms with Crippen molar-refractivity contribution in [1.29, 1.82) is 0 Å². The summed E-state index contributed by atoms with van der Waals surface area (Å²) < 4.78 is 13.2. The summed E-state index contributed by atoms with van der Waals surface area (Å²) in [6.07, 6.45) is 4.88. The van der Waals surface area contributed by atoms with Gasteiger partial charge in [-0.25, -0.2) is 0 Å². The summed E-state index contributed by atoms with van der Waals surface area (Å²) in [5.41, 5.74) is 3.92. The molecule has 6 nitrogen and oxygen atoms in total. The van der Waals surface area contributed by atoms with E-state index in [0.29, 0.717) is 24.8 Å². The second-order valence-corrected chi connectivity index (χ2v) is 8.92. The molecule has 6 heterocycles. The minimum Gasteiger partial charge on any atom is -0.454 e. The van der Waals surface area contributed by atoms with Crippen LogP contribution in [0, 0.1) is 12.8 Å². The van der Waals surface area contributed by atoms with Gasteiger partial charge in [-0.15, -0.1) is 0 Å². The standard InChI is InChI=1S/C22H28N4O2/c1-14-17(10-24(2)23-14)11-26-12-18(16-3-4-19-20(9-16)28-13-27-19)22-21(26)15-5-7-25(22)8-6-15/h3-4,9-10,15,18,21-22H,5-8,11-13H2,1-2H3/t18-,21+,22+/m1/s1. The molecule has 5 aliphatic rings. The van der Waals surface area contributed by atoms with E-state index >= 15 is 0 Å². The molecule has 1 aromatic carbocycles. The summed E-state index contributed by atoms with van der Waals surface area (Å²) in [6, 6.07) is 7.85. The van der Waals surface area contributed by atoms with E-state index in [1.54, 1.807) is 0 Å². The number of aromatic nitrogens is 2. The molecule has 2 bridgehead atoms. The Balaban J connectivity index is 1.35. The quantitative estimate of drug-likeness (QED) is 0.819. The number of benzene rings is 1. The van der Waals surface area contributed by atoms with Crippen LogP contribution in [0.25, 0.3) is 0 Å². The largest absolute Gasteiger partial charge is 0.454 e. The van der Waals surface area contributed by atoms with Crippen molar-refractivity contribution in [3.05, 3.63) is 41.2 Å². The molecule has 0 saturated carbocycles. The van der Waals surface area contributed by atoms with Crippen LogP contribution < -0.4 is 9.47 Å². The Bertz CT molecular complexity index is 902. The van der Waals surface area contributed by atoms with Crippen molar-refractivity contribution >= 4 is 0 Å². The van der Waals surface area contributed by atoms with Crippen molar-refractivity contribution in [3.8, 4) is 11.5 Å². The Kier molecular flexibility index (Phi) is 3.75. The first-order chi connectivity index (χ1) is 13.7. The highest BCUT2D eigenvalue weighted by atomic mass is 16.7. The molecule has 1 aromatic heterocycles. The number of nitrogens with zero attached hydrogens (tertiary/aromatic N) is 4. The van der Waals surface area contributed by atoms with E-state index in [4.69, 9.17) is 9.47 Å². The van der Waals surface area contributed by atoms with Gasteiger partial charge < -0.3 is 9.47 Å². The van der Waals surface area contributed by atoms with E-state index in [0.717, 1.165) is 36.2 Å². The first kappa shape index (κ1) is 16.9. The fraction of sp³-hybridized carbons (Fsp3) is 0.591. The Morgan fingerprint density at radius 2 is 1.93 bits per heavy atom. The maximum absolute atomic E-state index is 5.68. The van der Waals surface area contributed by atoms with Gasteiger partial charge in [0, 0.05) is 49.9 Å². The zero-order chi connectivity index (χ0) is 18.8. The second-order valence-electron chi connectivity index (χ2n) is 8.92. The molecule has 7 rings (SSSR count). The van der Waals surface area contributed by atoms with Crippen LogP contribution in [0.5, 0.6) is 11.5 Å². The lowest BCUT2D eigenvalue weighted by Crippen LogP contribution is -2.59. The summed E-state index contributed by atoms with van der Waals surface area (Å²) in [6.45, 7) is 7.10. The van der Waals surface area contributed by atoms with Crippen LogP contribution in [0.2, 0.25) is 0 Å². The van der Waals surface area contributed by atoms with E-state index in [1.165, 1.54) is 37.1 Å². The average molecular weight is 380 g/mol. The number of hydrogen-bond donors (Lipinski definition) is 0. The van der Waals surface area contributed by atoms with Crippen molar-refractivity contribution in [2.75, 3.05) is 26.4 Å². The smallest absolute Gasteiger partial charge is 0.231 e. The van der Waals surface area contributed by atoms with Crippen LogP contribution in [0.1, 0.15) is 35.6 Å². The number of hydrogen-bond acceptors (Lipinski definition) is 5. The Hall–Kier alpha value is -2.05. The van der Waals surface area contributed by atoms with Gasteiger partial charge in [0.15, 0.2) is 11.5 Å². The summed E-state index contributed by atoms with van der Waals surface area (Å²) in [4.78, 5) is 5.51. The van der Waals surface area contributed by atoms with Crippen molar-refractivity contribution in [3.63, 3.8) is 0 Å². The van der Waals surface area contributed by atoms with Crippen LogP contribution in [0.3, 0.4) is 0 Å². The molecule has 0 aliphatic carbocycles. The number of likely N-dealkylation sites (tertiary alicyclic amines) is 1. The van der Waals surface area contributed by atoms with Crippen molar-refractivity contribution in [1.82, 2.24) is 19.6 Å². The van der Waals surface area contributed by atoms with E-state index in [9.17, 15) is 0 Å². The molecule has 2 aromatic rings. The zero-order valence-corrected chi connectivity index (χ0v) is 16.7. The molecule has 3 atom stereocenters. The Morgan fingerprint density at radius 3 is 2.71 bits per heavy atom. The molecular weight excluding hydrogens is 352 g/mol. The second kappa shape index (κ2) is 6.22. The summed E-state index contributed by atoms with van der Waals surface area (Å²) in [7, 11) is 2.02. The van der Waals surface area contributed by atoms with E-state index in [1.807, 2.05) is 11.7 Å². The predicted octanol–water partition coefficient (Wildman–Crippen LogP) is 2.52. The molecule has 0 N–H and O–H groups in total. The van der Waals surface area contributed by atoms with Gasteiger partial charge >= 0.3 is 0 Å². The number of fused-ring (bicyclic) bond motifs is 3. The van der Waals surface area contributed by atoms with E-state index in [2.05, 4.69) is 46.2 Å². The maximum Gasteiger partial charge on any atom is 0.231 e. The van der Waals surface area contributed by atoms with Crippen LogP contribution in [-0.4, -0.2) is 58.1 Å². The lowest BCUT2D eigenvalue weighted by molar-refractivity contribution is -0.00874. The molecule has 4 saturated heterocycles. The lowest BCUT2D eigenvalue weighted by atomic mass is 9.75. The molecule has 5 aliphatic heterocycles.